The van der Waals surface area contributed by atoms with Crippen LogP contribution in [0.15, 0.2) is 24.4 Å². The fraction of sp³-hybridized carbons (Fsp3) is 0.444. The molecule has 3 aromatic rings. The number of aromatic nitrogens is 4. The molecule has 194 valence electrons. The first kappa shape index (κ1) is 25.9. The van der Waals surface area contributed by atoms with Crippen molar-refractivity contribution in [3.63, 3.8) is 0 Å². The van der Waals surface area contributed by atoms with Crippen LogP contribution in [-0.2, 0) is 11.8 Å². The molecular formula is C27H34N8O2. The Kier molecular flexibility index (Phi) is 7.07. The molecule has 1 aliphatic rings. The molecule has 2 unspecified atom stereocenters. The number of nitrogens with zero attached hydrogens (tertiary/aromatic N) is 5. The van der Waals surface area contributed by atoms with Crippen LogP contribution >= 0.6 is 0 Å². The molecule has 1 aliphatic carbocycles. The predicted octanol–water partition coefficient (Wildman–Crippen LogP) is 4.76. The fourth-order valence-corrected chi connectivity index (χ4v) is 4.58. The normalized spacial score (nSPS) is 16.6. The van der Waals surface area contributed by atoms with Crippen LogP contribution in [0.3, 0.4) is 0 Å². The summed E-state index contributed by atoms with van der Waals surface area (Å²) in [5.41, 5.74) is 11.2. The van der Waals surface area contributed by atoms with Gasteiger partial charge in [0.05, 0.1) is 28.5 Å². The van der Waals surface area contributed by atoms with E-state index in [0.717, 1.165) is 35.1 Å². The van der Waals surface area contributed by atoms with E-state index in [9.17, 15) is 10.1 Å². The smallest absolute Gasteiger partial charge is 0.407 e. The average Bonchev–Trinajstić information content (AvgIpc) is 3.17. The summed E-state index contributed by atoms with van der Waals surface area (Å²) in [6.07, 6.45) is 6.02. The van der Waals surface area contributed by atoms with E-state index in [2.05, 4.69) is 38.8 Å². The van der Waals surface area contributed by atoms with Gasteiger partial charge in [0.1, 0.15) is 23.1 Å². The predicted molar refractivity (Wildman–Crippen MR) is 144 cm³/mol. The number of nitrogens with two attached hydrogens (primary N) is 1. The van der Waals surface area contributed by atoms with E-state index in [1.165, 1.54) is 5.57 Å². The highest BCUT2D eigenvalue weighted by Crippen LogP contribution is 2.34. The fourth-order valence-electron chi connectivity index (χ4n) is 4.58. The van der Waals surface area contributed by atoms with Crippen molar-refractivity contribution >= 4 is 34.5 Å². The summed E-state index contributed by atoms with van der Waals surface area (Å²) in [6.45, 7) is 9.29. The van der Waals surface area contributed by atoms with Crippen molar-refractivity contribution in [2.45, 2.75) is 71.6 Å². The monoisotopic (exact) mass is 502 g/mol. The van der Waals surface area contributed by atoms with E-state index in [1.54, 1.807) is 6.92 Å². The highest BCUT2D eigenvalue weighted by Gasteiger charge is 2.25. The van der Waals surface area contributed by atoms with Gasteiger partial charge in [0.25, 0.3) is 0 Å². The van der Waals surface area contributed by atoms with Crippen LogP contribution < -0.4 is 16.4 Å². The van der Waals surface area contributed by atoms with Gasteiger partial charge in [-0.3, -0.25) is 0 Å². The quantitative estimate of drug-likeness (QED) is 0.453. The molecule has 4 rings (SSSR count). The molecule has 2 atom stereocenters. The number of aryl methyl sites for hydroxylation is 2. The summed E-state index contributed by atoms with van der Waals surface area (Å²) in [4.78, 5) is 25.6. The number of allylic oxidation sites excluding steroid dienone is 1. The zero-order valence-corrected chi connectivity index (χ0v) is 22.2. The van der Waals surface area contributed by atoms with Gasteiger partial charge in [0.2, 0.25) is 5.95 Å². The van der Waals surface area contributed by atoms with Crippen LogP contribution in [0.1, 0.15) is 75.5 Å². The number of pyridine rings is 1. The Morgan fingerprint density at radius 2 is 2.08 bits per heavy atom. The number of nitrogens with one attached hydrogen (secondary N) is 2. The second kappa shape index (κ2) is 10.1. The first-order valence-corrected chi connectivity index (χ1v) is 12.4. The summed E-state index contributed by atoms with van der Waals surface area (Å²) in [7, 11) is 2.00. The molecular weight excluding hydrogens is 468 g/mol. The minimum absolute atomic E-state index is 0.00878. The van der Waals surface area contributed by atoms with Crippen LogP contribution in [0.4, 0.5) is 16.6 Å². The zero-order valence-electron chi connectivity index (χ0n) is 22.2. The summed E-state index contributed by atoms with van der Waals surface area (Å²) in [5, 5.41) is 16.0. The summed E-state index contributed by atoms with van der Waals surface area (Å²) in [5.74, 6) is 0.497. The lowest BCUT2D eigenvalue weighted by Gasteiger charge is -2.27. The van der Waals surface area contributed by atoms with Crippen LogP contribution in [0, 0.1) is 18.3 Å². The molecule has 0 fully saturated rings. The maximum absolute atomic E-state index is 12.2. The third kappa shape index (κ3) is 5.82. The molecule has 0 bridgehead atoms. The number of nitriles is 1. The van der Waals surface area contributed by atoms with Gasteiger partial charge in [0.15, 0.2) is 0 Å². The number of carbonyl (C=O) groups excluding carboxylic acids is 1. The zero-order chi connectivity index (χ0) is 26.9. The van der Waals surface area contributed by atoms with E-state index in [-0.39, 0.29) is 18.0 Å². The van der Waals surface area contributed by atoms with Gasteiger partial charge < -0.3 is 25.7 Å². The van der Waals surface area contributed by atoms with Crippen molar-refractivity contribution in [1.29, 1.82) is 5.26 Å². The molecule has 4 N–H and O–H groups in total. The topological polar surface area (TPSA) is 144 Å². The molecule has 0 saturated carbocycles. The highest BCUT2D eigenvalue weighted by atomic mass is 16.6. The van der Waals surface area contributed by atoms with E-state index in [0.29, 0.717) is 23.5 Å². The number of carbonyl (C=O) groups is 1. The Bertz CT molecular complexity index is 1410. The SMILES string of the molecule is Cc1nc(N)nc(NC(C)c2nc3ccn(C)c3cc2C2=CCC(NC(=O)OC(C)(C)C)CC2)c1C#N. The standard InChI is InChI=1S/C27H34N8O2/c1-15-20(14-28)24(34-25(29)31-15)30-16(2)23-19(13-22-21(33-23)11-12-35(22)6)17-7-9-18(10-8-17)32-26(36)37-27(3,4)5/h7,11-13,16,18H,8-10H2,1-6H3,(H,32,36)(H3,29,30,31,34). The van der Waals surface area contributed by atoms with Crippen molar-refractivity contribution in [3.8, 4) is 6.07 Å². The van der Waals surface area contributed by atoms with E-state index >= 15 is 0 Å². The molecule has 3 heterocycles. The number of amides is 1. The van der Waals surface area contributed by atoms with Gasteiger partial charge in [-0.25, -0.2) is 14.8 Å². The summed E-state index contributed by atoms with van der Waals surface area (Å²) >= 11 is 0. The van der Waals surface area contributed by atoms with E-state index < -0.39 is 11.7 Å². The van der Waals surface area contributed by atoms with Gasteiger partial charge in [-0.2, -0.15) is 10.2 Å². The molecule has 0 radical (unpaired) electrons. The molecule has 10 heteroatoms. The second-order valence-electron chi connectivity index (χ2n) is 10.5. The maximum atomic E-state index is 12.2. The molecule has 10 nitrogen and oxygen atoms in total. The van der Waals surface area contributed by atoms with Gasteiger partial charge in [-0.05, 0) is 71.6 Å². The lowest BCUT2D eigenvalue weighted by Crippen LogP contribution is -2.39. The Balaban J connectivity index is 1.64. The van der Waals surface area contributed by atoms with Gasteiger partial charge in [-0.15, -0.1) is 0 Å². The largest absolute Gasteiger partial charge is 0.444 e. The second-order valence-corrected chi connectivity index (χ2v) is 10.5. The third-order valence-corrected chi connectivity index (χ3v) is 6.36. The first-order chi connectivity index (χ1) is 17.4. The molecule has 37 heavy (non-hydrogen) atoms. The number of nitrogen functional groups attached to an aromatic ring is 1. The number of alkyl carbamates (subject to hydrolysis) is 1. The number of ether oxygens (including phenoxy) is 1. The van der Waals surface area contributed by atoms with Crippen molar-refractivity contribution in [2.75, 3.05) is 11.1 Å². The van der Waals surface area contributed by atoms with Gasteiger partial charge in [0, 0.05) is 24.8 Å². The number of rotatable bonds is 5. The minimum atomic E-state index is -0.535. The molecule has 0 aliphatic heterocycles. The van der Waals surface area contributed by atoms with Crippen molar-refractivity contribution < 1.29 is 9.53 Å². The highest BCUT2D eigenvalue weighted by molar-refractivity contribution is 5.82. The number of hydrogen-bond donors (Lipinski definition) is 3. The van der Waals surface area contributed by atoms with Crippen LogP contribution in [0.25, 0.3) is 16.6 Å². The lowest BCUT2D eigenvalue weighted by atomic mass is 9.88. The Hall–Kier alpha value is -4.13. The van der Waals surface area contributed by atoms with Gasteiger partial charge in [-0.1, -0.05) is 6.08 Å². The Morgan fingerprint density at radius 1 is 1.32 bits per heavy atom. The third-order valence-electron chi connectivity index (χ3n) is 6.36. The van der Waals surface area contributed by atoms with E-state index in [4.69, 9.17) is 15.5 Å². The Labute approximate surface area is 216 Å². The molecule has 0 spiro atoms. The van der Waals surface area contributed by atoms with Crippen molar-refractivity contribution in [2.24, 2.45) is 7.05 Å². The summed E-state index contributed by atoms with van der Waals surface area (Å²) < 4.78 is 7.46. The van der Waals surface area contributed by atoms with Gasteiger partial charge >= 0.3 is 6.09 Å². The number of fused-ring (bicyclic) bond motifs is 1. The van der Waals surface area contributed by atoms with Crippen LogP contribution in [0.5, 0.6) is 0 Å². The molecule has 0 aromatic carbocycles. The molecule has 3 aromatic heterocycles. The van der Waals surface area contributed by atoms with Crippen LogP contribution in [0.2, 0.25) is 0 Å². The van der Waals surface area contributed by atoms with E-state index in [1.807, 2.05) is 51.6 Å². The molecule has 0 saturated heterocycles. The number of hydrogen-bond acceptors (Lipinski definition) is 8. The lowest BCUT2D eigenvalue weighted by molar-refractivity contribution is 0.0502. The minimum Gasteiger partial charge on any atom is -0.444 e. The number of anilines is 2. The Morgan fingerprint density at radius 3 is 2.73 bits per heavy atom. The van der Waals surface area contributed by atoms with Crippen molar-refractivity contribution in [1.82, 2.24) is 24.8 Å². The van der Waals surface area contributed by atoms with Crippen LogP contribution in [-0.4, -0.2) is 37.3 Å². The van der Waals surface area contributed by atoms with Crippen molar-refractivity contribution in [3.05, 3.63) is 46.9 Å². The molecule has 1 amide bonds. The average molecular weight is 503 g/mol. The first-order valence-electron chi connectivity index (χ1n) is 12.4. The maximum Gasteiger partial charge on any atom is 0.407 e. The summed E-state index contributed by atoms with van der Waals surface area (Å²) in [6, 6.07) is 6.06.